The summed E-state index contributed by atoms with van der Waals surface area (Å²) in [6.07, 6.45) is -3.92. The zero-order valence-electron chi connectivity index (χ0n) is 10.1. The summed E-state index contributed by atoms with van der Waals surface area (Å²) in [4.78, 5) is 24.4. The molecule has 1 saturated heterocycles. The van der Waals surface area contributed by atoms with Crippen LogP contribution < -0.4 is 0 Å². The van der Waals surface area contributed by atoms with Crippen LogP contribution in [0.2, 0.25) is 0 Å². The number of aliphatic hydroxyl groups excluding tert-OH is 2. The van der Waals surface area contributed by atoms with Gasteiger partial charge in [-0.3, -0.25) is 0 Å². The van der Waals surface area contributed by atoms with Gasteiger partial charge in [-0.15, -0.1) is 0 Å². The second-order valence-corrected chi connectivity index (χ2v) is 4.24. The summed E-state index contributed by atoms with van der Waals surface area (Å²) in [5, 5.41) is 27.1. The van der Waals surface area contributed by atoms with Gasteiger partial charge in [-0.05, 0) is 0 Å². The smallest absolute Gasteiger partial charge is 0.326 e. The largest absolute Gasteiger partial charge is 0.480 e. The Morgan fingerprint density at radius 1 is 1.42 bits per heavy atom. The van der Waals surface area contributed by atoms with Crippen molar-refractivity contribution in [3.8, 4) is 0 Å². The number of aliphatic hydroxyl groups is 2. The Morgan fingerprint density at radius 3 is 2.53 bits per heavy atom. The van der Waals surface area contributed by atoms with Crippen molar-refractivity contribution < 1.29 is 33.7 Å². The van der Waals surface area contributed by atoms with Crippen molar-refractivity contribution in [1.82, 2.24) is 9.80 Å². The summed E-state index contributed by atoms with van der Waals surface area (Å²) < 4.78 is 24.7. The predicted molar refractivity (Wildman–Crippen MR) is 58.8 cm³/mol. The zero-order valence-corrected chi connectivity index (χ0v) is 10.1. The van der Waals surface area contributed by atoms with Gasteiger partial charge in [0.15, 0.2) is 0 Å². The number of halogens is 2. The predicted octanol–water partition coefficient (Wildman–Crippen LogP) is -0.814. The SMILES string of the molecule is O=C(O)[C@@H]1C[C@H](O)CN1C(=O)N(CCO)CC(F)F. The van der Waals surface area contributed by atoms with Gasteiger partial charge in [-0.2, -0.15) is 0 Å². The second kappa shape index (κ2) is 6.62. The van der Waals surface area contributed by atoms with Crippen molar-refractivity contribution in [3.05, 3.63) is 0 Å². The van der Waals surface area contributed by atoms with Gasteiger partial charge < -0.3 is 25.1 Å². The van der Waals surface area contributed by atoms with Crippen LogP contribution in [-0.4, -0.2) is 81.9 Å². The first-order valence-corrected chi connectivity index (χ1v) is 5.72. The van der Waals surface area contributed by atoms with Crippen molar-refractivity contribution >= 4 is 12.0 Å². The molecule has 19 heavy (non-hydrogen) atoms. The van der Waals surface area contributed by atoms with Crippen molar-refractivity contribution in [1.29, 1.82) is 0 Å². The third kappa shape index (κ3) is 4.00. The maximum absolute atomic E-state index is 12.3. The molecule has 1 heterocycles. The van der Waals surface area contributed by atoms with Crippen LogP contribution in [0.1, 0.15) is 6.42 Å². The maximum Gasteiger partial charge on any atom is 0.326 e. The normalized spacial score (nSPS) is 22.9. The summed E-state index contributed by atoms with van der Waals surface area (Å²) in [6.45, 7) is -1.94. The minimum Gasteiger partial charge on any atom is -0.480 e. The number of carboxylic acids is 1. The fraction of sp³-hybridized carbons (Fsp3) is 0.800. The van der Waals surface area contributed by atoms with E-state index in [1.54, 1.807) is 0 Å². The molecule has 0 aliphatic carbocycles. The standard InChI is InChI=1S/C10H16F2N2O5/c11-8(12)5-13(1-2-15)10(19)14-4-6(16)3-7(14)9(17)18/h6-8,15-16H,1-5H2,(H,17,18)/t6-,7-/m0/s1. The van der Waals surface area contributed by atoms with Crippen molar-refractivity contribution in [2.45, 2.75) is 25.0 Å². The molecule has 9 heteroatoms. The number of urea groups is 1. The molecule has 0 aromatic rings. The van der Waals surface area contributed by atoms with Gasteiger partial charge in [-0.25, -0.2) is 18.4 Å². The summed E-state index contributed by atoms with van der Waals surface area (Å²) in [5.74, 6) is -1.30. The van der Waals surface area contributed by atoms with Crippen LogP contribution in [0.4, 0.5) is 13.6 Å². The molecule has 1 aliphatic rings. The van der Waals surface area contributed by atoms with E-state index in [4.69, 9.17) is 10.2 Å². The number of hydrogen-bond acceptors (Lipinski definition) is 4. The number of carboxylic acid groups (broad SMARTS) is 1. The van der Waals surface area contributed by atoms with E-state index < -0.39 is 43.7 Å². The lowest BCUT2D eigenvalue weighted by Crippen LogP contribution is -2.50. The number of rotatable bonds is 5. The maximum atomic E-state index is 12.3. The number of likely N-dealkylation sites (tertiary alicyclic amines) is 1. The first kappa shape index (κ1) is 15.6. The monoisotopic (exact) mass is 282 g/mol. The van der Waals surface area contributed by atoms with Crippen LogP contribution in [0.25, 0.3) is 0 Å². The van der Waals surface area contributed by atoms with Gasteiger partial charge in [0.1, 0.15) is 6.04 Å². The van der Waals surface area contributed by atoms with Gasteiger partial charge in [0, 0.05) is 19.5 Å². The van der Waals surface area contributed by atoms with Gasteiger partial charge in [0.25, 0.3) is 6.43 Å². The molecule has 1 aliphatic heterocycles. The molecule has 1 rings (SSSR count). The summed E-state index contributed by atoms with van der Waals surface area (Å²) in [7, 11) is 0. The number of carbonyl (C=O) groups is 2. The lowest BCUT2D eigenvalue weighted by Gasteiger charge is -2.29. The lowest BCUT2D eigenvalue weighted by atomic mass is 10.2. The van der Waals surface area contributed by atoms with Crippen molar-refractivity contribution in [2.24, 2.45) is 0 Å². The van der Waals surface area contributed by atoms with Gasteiger partial charge in [0.05, 0.1) is 19.3 Å². The third-order valence-corrected chi connectivity index (χ3v) is 2.81. The van der Waals surface area contributed by atoms with E-state index in [1.807, 2.05) is 0 Å². The first-order chi connectivity index (χ1) is 8.86. The van der Waals surface area contributed by atoms with Gasteiger partial charge >= 0.3 is 12.0 Å². The number of aliphatic carboxylic acids is 1. The Balaban J connectivity index is 2.79. The van der Waals surface area contributed by atoms with Gasteiger partial charge in [-0.1, -0.05) is 0 Å². The quantitative estimate of drug-likeness (QED) is 0.612. The number of nitrogens with zero attached hydrogens (tertiary/aromatic N) is 2. The molecule has 110 valence electrons. The van der Waals surface area contributed by atoms with Crippen LogP contribution in [0.3, 0.4) is 0 Å². The zero-order chi connectivity index (χ0) is 14.6. The highest BCUT2D eigenvalue weighted by atomic mass is 19.3. The molecular formula is C10H16F2N2O5. The number of β-amino-alcohol motifs (C(OH)–C–C–N with tert-alkyl or cyclic N) is 1. The molecule has 2 amide bonds. The van der Waals surface area contributed by atoms with E-state index >= 15 is 0 Å². The molecule has 0 radical (unpaired) electrons. The Labute approximate surface area is 108 Å². The average molecular weight is 282 g/mol. The Morgan fingerprint density at radius 2 is 2.05 bits per heavy atom. The minimum atomic E-state index is -2.79. The highest BCUT2D eigenvalue weighted by molar-refractivity contribution is 5.83. The van der Waals surface area contributed by atoms with Crippen molar-refractivity contribution in [2.75, 3.05) is 26.2 Å². The minimum absolute atomic E-state index is 0.136. The second-order valence-electron chi connectivity index (χ2n) is 4.24. The molecule has 0 aromatic carbocycles. The van der Waals surface area contributed by atoms with E-state index in [0.29, 0.717) is 4.90 Å². The first-order valence-electron chi connectivity index (χ1n) is 5.72. The number of amides is 2. The van der Waals surface area contributed by atoms with E-state index in [2.05, 4.69) is 0 Å². The van der Waals surface area contributed by atoms with Crippen LogP contribution in [-0.2, 0) is 4.79 Å². The van der Waals surface area contributed by atoms with Crippen LogP contribution in [0, 0.1) is 0 Å². The molecular weight excluding hydrogens is 266 g/mol. The van der Waals surface area contributed by atoms with E-state index in [9.17, 15) is 23.5 Å². The topological polar surface area (TPSA) is 101 Å². The van der Waals surface area contributed by atoms with E-state index in [0.717, 1.165) is 4.90 Å². The molecule has 0 unspecified atom stereocenters. The Bertz CT molecular complexity index is 342. The molecule has 1 fully saturated rings. The van der Waals surface area contributed by atoms with Gasteiger partial charge in [0.2, 0.25) is 0 Å². The van der Waals surface area contributed by atoms with Crippen LogP contribution >= 0.6 is 0 Å². The molecule has 0 aromatic heterocycles. The molecule has 0 saturated carbocycles. The lowest BCUT2D eigenvalue weighted by molar-refractivity contribution is -0.141. The molecule has 7 nitrogen and oxygen atoms in total. The fourth-order valence-electron chi connectivity index (χ4n) is 1.99. The summed E-state index contributed by atoms with van der Waals surface area (Å²) in [5.41, 5.74) is 0. The molecule has 2 atom stereocenters. The van der Waals surface area contributed by atoms with Crippen LogP contribution in [0.5, 0.6) is 0 Å². The number of carbonyl (C=O) groups excluding carboxylic acids is 1. The van der Waals surface area contributed by atoms with Crippen molar-refractivity contribution in [3.63, 3.8) is 0 Å². The van der Waals surface area contributed by atoms with Crippen LogP contribution in [0.15, 0.2) is 0 Å². The Hall–Kier alpha value is -1.48. The highest BCUT2D eigenvalue weighted by Gasteiger charge is 2.40. The molecule has 0 spiro atoms. The molecule has 0 bridgehead atoms. The highest BCUT2D eigenvalue weighted by Crippen LogP contribution is 2.20. The van der Waals surface area contributed by atoms with E-state index in [1.165, 1.54) is 0 Å². The summed E-state index contributed by atoms with van der Waals surface area (Å²) in [6, 6.07) is -2.15. The third-order valence-electron chi connectivity index (χ3n) is 2.81. The average Bonchev–Trinajstić information content (AvgIpc) is 2.69. The number of alkyl halides is 2. The number of hydrogen-bond donors (Lipinski definition) is 3. The van der Waals surface area contributed by atoms with E-state index in [-0.39, 0.29) is 19.5 Å². The Kier molecular flexibility index (Phi) is 5.43. The molecule has 3 N–H and O–H groups in total. The fourth-order valence-corrected chi connectivity index (χ4v) is 1.99. The summed E-state index contributed by atoms with van der Waals surface area (Å²) >= 11 is 0.